The Morgan fingerprint density at radius 2 is 1.91 bits per heavy atom. The summed E-state index contributed by atoms with van der Waals surface area (Å²) in [6, 6.07) is 20.1. The van der Waals surface area contributed by atoms with Crippen LogP contribution in [0.2, 0.25) is 10.6 Å². The third-order valence-corrected chi connectivity index (χ3v) is 12.7. The zero-order valence-electron chi connectivity index (χ0n) is 24.7. The maximum absolute atomic E-state index is 15.1. The number of nitrogens with zero attached hydrogens (tertiary/aromatic N) is 3. The van der Waals surface area contributed by atoms with Crippen LogP contribution in [-0.2, 0) is 37.3 Å². The second-order valence-corrected chi connectivity index (χ2v) is 15.3. The van der Waals surface area contributed by atoms with Crippen LogP contribution in [0.4, 0.5) is 10.1 Å². The van der Waals surface area contributed by atoms with Crippen LogP contribution in [0.5, 0.6) is 5.75 Å². The topological polar surface area (TPSA) is 48.7 Å². The van der Waals surface area contributed by atoms with Gasteiger partial charge in [-0.1, -0.05) is 12.1 Å². The number of aryl methyl sites for hydroxylation is 1. The SMILES string of the molecule is N#Cc1ccc(N2CCN(Cc3ccc(COc4cccc5c4CCOC5)c(F)c3)CC2)c(CC[Se]CC2(S)CCC2)c1. The van der Waals surface area contributed by atoms with E-state index in [4.69, 9.17) is 22.1 Å². The van der Waals surface area contributed by atoms with Gasteiger partial charge in [-0.05, 0) is 18.1 Å². The van der Waals surface area contributed by atoms with Crippen molar-refractivity contribution < 1.29 is 13.9 Å². The van der Waals surface area contributed by atoms with Crippen molar-refractivity contribution in [1.29, 1.82) is 5.26 Å². The van der Waals surface area contributed by atoms with Crippen molar-refractivity contribution in [3.8, 4) is 11.8 Å². The molecular formula is C35H40FN3O2SSe. The molecule has 2 heterocycles. The number of piperazine rings is 1. The van der Waals surface area contributed by atoms with Gasteiger partial charge in [-0.15, -0.1) is 0 Å². The molecule has 0 unspecified atom stereocenters. The van der Waals surface area contributed by atoms with E-state index in [0.717, 1.165) is 68.0 Å². The average Bonchev–Trinajstić information content (AvgIpc) is 3.02. The molecule has 2 aliphatic heterocycles. The van der Waals surface area contributed by atoms with Crippen molar-refractivity contribution in [1.82, 2.24) is 4.90 Å². The van der Waals surface area contributed by atoms with Gasteiger partial charge in [0.05, 0.1) is 13.2 Å². The summed E-state index contributed by atoms with van der Waals surface area (Å²) in [5, 5.41) is 11.9. The molecule has 2 fully saturated rings. The molecular weight excluding hydrogens is 624 g/mol. The van der Waals surface area contributed by atoms with Crippen molar-refractivity contribution in [3.63, 3.8) is 0 Å². The van der Waals surface area contributed by atoms with E-state index in [1.165, 1.54) is 46.7 Å². The predicted octanol–water partition coefficient (Wildman–Crippen LogP) is 6.61. The summed E-state index contributed by atoms with van der Waals surface area (Å²) in [6.07, 6.45) is 5.68. The van der Waals surface area contributed by atoms with E-state index in [0.29, 0.717) is 38.5 Å². The Balaban J connectivity index is 1.01. The van der Waals surface area contributed by atoms with Crippen LogP contribution in [-0.4, -0.2) is 57.4 Å². The molecule has 3 aromatic rings. The number of ether oxygens (including phenoxy) is 2. The van der Waals surface area contributed by atoms with E-state index < -0.39 is 0 Å². The van der Waals surface area contributed by atoms with Gasteiger partial charge in [0.1, 0.15) is 12.4 Å². The molecule has 0 aromatic heterocycles. The van der Waals surface area contributed by atoms with E-state index >= 15 is 4.39 Å². The van der Waals surface area contributed by atoms with Crippen LogP contribution >= 0.6 is 12.6 Å². The Morgan fingerprint density at radius 3 is 2.67 bits per heavy atom. The van der Waals surface area contributed by atoms with Crippen molar-refractivity contribution >= 4 is 33.3 Å². The number of hydrogen-bond donors (Lipinski definition) is 1. The Bertz CT molecular complexity index is 1470. The Morgan fingerprint density at radius 1 is 1.05 bits per heavy atom. The summed E-state index contributed by atoms with van der Waals surface area (Å²) >= 11 is 5.47. The molecule has 5 nitrogen and oxygen atoms in total. The van der Waals surface area contributed by atoms with Gasteiger partial charge in [0, 0.05) is 11.1 Å². The van der Waals surface area contributed by atoms with E-state index in [2.05, 4.69) is 34.1 Å². The van der Waals surface area contributed by atoms with Crippen LogP contribution < -0.4 is 9.64 Å². The minimum absolute atomic E-state index is 0.214. The number of anilines is 1. The van der Waals surface area contributed by atoms with Crippen molar-refractivity contribution in [3.05, 3.63) is 93.8 Å². The first-order valence-corrected chi connectivity index (χ1v) is 18.3. The first-order chi connectivity index (χ1) is 21.0. The Kier molecular flexibility index (Phi) is 9.97. The van der Waals surface area contributed by atoms with Crippen LogP contribution in [0.15, 0.2) is 54.6 Å². The molecule has 0 bridgehead atoms. The minimum atomic E-state index is -0.214. The molecule has 0 spiro atoms. The van der Waals surface area contributed by atoms with Gasteiger partial charge in [0.15, 0.2) is 0 Å². The molecule has 0 N–H and O–H groups in total. The molecule has 1 saturated heterocycles. The quantitative estimate of drug-likeness (QED) is 0.142. The summed E-state index contributed by atoms with van der Waals surface area (Å²) in [7, 11) is 0. The van der Waals surface area contributed by atoms with Crippen molar-refractivity contribution in [2.75, 3.05) is 37.7 Å². The molecule has 43 heavy (non-hydrogen) atoms. The second-order valence-electron chi connectivity index (χ2n) is 12.0. The maximum atomic E-state index is 15.1. The predicted molar refractivity (Wildman–Crippen MR) is 174 cm³/mol. The fraction of sp³-hybridized carbons (Fsp3) is 0.457. The third kappa shape index (κ3) is 7.59. The summed E-state index contributed by atoms with van der Waals surface area (Å²) in [4.78, 5) is 4.86. The van der Waals surface area contributed by atoms with Crippen molar-refractivity contribution in [2.45, 2.75) is 67.2 Å². The monoisotopic (exact) mass is 665 g/mol. The van der Waals surface area contributed by atoms with Gasteiger partial charge in [-0.2, -0.15) is 0 Å². The molecule has 3 aliphatic rings. The number of hydrogen-bond acceptors (Lipinski definition) is 6. The number of fused-ring (bicyclic) bond motifs is 1. The van der Waals surface area contributed by atoms with Gasteiger partial charge >= 0.3 is 187 Å². The van der Waals surface area contributed by atoms with Crippen LogP contribution in [0.3, 0.4) is 0 Å². The summed E-state index contributed by atoms with van der Waals surface area (Å²) in [5.41, 5.74) is 7.18. The zero-order valence-corrected chi connectivity index (χ0v) is 27.3. The van der Waals surface area contributed by atoms with Crippen LogP contribution in [0, 0.1) is 17.1 Å². The van der Waals surface area contributed by atoms with E-state index in [-0.39, 0.29) is 12.4 Å². The first-order valence-electron chi connectivity index (χ1n) is 15.4. The van der Waals surface area contributed by atoms with Gasteiger partial charge in [-0.25, -0.2) is 4.39 Å². The normalized spacial score (nSPS) is 18.0. The molecule has 0 amide bonds. The molecule has 0 radical (unpaired) electrons. The van der Waals surface area contributed by atoms with Gasteiger partial charge in [-0.3, -0.25) is 0 Å². The van der Waals surface area contributed by atoms with E-state index in [1.54, 1.807) is 6.07 Å². The number of benzene rings is 3. The summed E-state index contributed by atoms with van der Waals surface area (Å²) in [5.74, 6) is 0.613. The Hall–Kier alpha value is -2.53. The summed E-state index contributed by atoms with van der Waals surface area (Å²) in [6.45, 7) is 5.92. The third-order valence-electron chi connectivity index (χ3n) is 8.98. The standard InChI is InChI=1S/C35H40FN3O2SSe/c36-32-20-27(5-7-30(32)24-41-34-4-1-3-29-23-40-17-9-31(29)34)22-38-13-15-39(16-14-38)33-8-6-26(21-37)19-28(33)10-18-43-25-35(42)11-2-12-35/h1,3-8,19-20,42H,2,9-18,22-25H2. The summed E-state index contributed by atoms with van der Waals surface area (Å²) < 4.78 is 27.0. The second kappa shape index (κ2) is 14.1. The number of rotatable bonds is 11. The van der Waals surface area contributed by atoms with Crippen molar-refractivity contribution in [2.24, 2.45) is 0 Å². The molecule has 0 atom stereocenters. The average molecular weight is 665 g/mol. The Labute approximate surface area is 266 Å². The molecule has 6 rings (SSSR count). The van der Waals surface area contributed by atoms with E-state index in [9.17, 15) is 5.26 Å². The van der Waals surface area contributed by atoms with Gasteiger partial charge < -0.3 is 9.47 Å². The molecule has 1 saturated carbocycles. The number of thiol groups is 1. The molecule has 8 heteroatoms. The van der Waals surface area contributed by atoms with Crippen LogP contribution in [0.25, 0.3) is 0 Å². The van der Waals surface area contributed by atoms with Gasteiger partial charge in [0.25, 0.3) is 0 Å². The molecule has 3 aromatic carbocycles. The molecule has 1 aliphatic carbocycles. The fourth-order valence-electron chi connectivity index (χ4n) is 6.23. The van der Waals surface area contributed by atoms with E-state index in [1.807, 2.05) is 30.3 Å². The fourth-order valence-corrected chi connectivity index (χ4v) is 9.49. The molecule has 226 valence electrons. The number of halogens is 1. The zero-order chi connectivity index (χ0) is 29.6. The van der Waals surface area contributed by atoms with Gasteiger partial charge in [0.2, 0.25) is 0 Å². The van der Waals surface area contributed by atoms with Crippen LogP contribution in [0.1, 0.15) is 52.6 Å². The number of nitriles is 1. The first kappa shape index (κ1) is 30.5.